The Bertz CT molecular complexity index is 1050. The fraction of sp³-hybridized carbons (Fsp3) is 0.250. The van der Waals surface area contributed by atoms with Gasteiger partial charge in [0.15, 0.2) is 0 Å². The fourth-order valence-electron chi connectivity index (χ4n) is 2.32. The van der Waals surface area contributed by atoms with E-state index in [4.69, 9.17) is 20.9 Å². The van der Waals surface area contributed by atoms with E-state index in [1.165, 1.54) is 0 Å². The highest BCUT2D eigenvalue weighted by molar-refractivity contribution is 8.76. The normalized spacial score (nSPS) is 10.3. The van der Waals surface area contributed by atoms with E-state index in [1.807, 2.05) is 0 Å². The van der Waals surface area contributed by atoms with Crippen LogP contribution in [0.1, 0.15) is 13.8 Å². The van der Waals surface area contributed by atoms with Crippen LogP contribution in [0, 0.1) is 20.2 Å². The number of nitrogens with zero attached hydrogens (tertiary/aromatic N) is 4. The summed E-state index contributed by atoms with van der Waals surface area (Å²) in [5.74, 6) is -1.29. The molecular formula is C16H18N8O8S2. The number of nitrogens with two attached hydrogens (primary N) is 2. The van der Waals surface area contributed by atoms with Crippen LogP contribution < -0.4 is 22.1 Å². The van der Waals surface area contributed by atoms with Gasteiger partial charge in [0.1, 0.15) is 21.4 Å². The van der Waals surface area contributed by atoms with Crippen LogP contribution in [0.5, 0.6) is 0 Å². The molecule has 0 bridgehead atoms. The van der Waals surface area contributed by atoms with Gasteiger partial charge in [-0.15, -0.1) is 0 Å². The van der Waals surface area contributed by atoms with E-state index in [1.54, 1.807) is 13.8 Å². The minimum atomic E-state index is -0.862. The molecule has 0 saturated heterocycles. The summed E-state index contributed by atoms with van der Waals surface area (Å²) in [6.07, 6.45) is -1.72. The first-order valence-corrected chi connectivity index (χ1v) is 11.3. The van der Waals surface area contributed by atoms with Gasteiger partial charge >= 0.3 is 23.6 Å². The predicted octanol–water partition coefficient (Wildman–Crippen LogP) is 3.39. The standard InChI is InChI=1S/C16H18N8O8S2/c1-3-31-15(25)21-9-5-7(11(23(27)28)13(17)19-9)33-34-8-6-10(22-16(26)32-4-2)20-14(18)12(8)24(29)30/h5-6H,3-4H2,1-2H3,(H3,17,19,21,25)(H3,18,20,22,26). The molecule has 0 spiro atoms. The molecule has 0 saturated carbocycles. The molecule has 2 aromatic heterocycles. The number of anilines is 4. The van der Waals surface area contributed by atoms with Crippen molar-refractivity contribution in [1.29, 1.82) is 0 Å². The van der Waals surface area contributed by atoms with Crippen molar-refractivity contribution < 1.29 is 28.9 Å². The SMILES string of the molecule is CCOC(=O)Nc1cc(SSc2cc(NC(=O)OCC)nc(N)c2[N+](=O)[O-])c([N+](=O)[O-])c(N)n1. The second-order valence-electron chi connectivity index (χ2n) is 5.85. The number of rotatable bonds is 9. The highest BCUT2D eigenvalue weighted by Gasteiger charge is 2.27. The van der Waals surface area contributed by atoms with Gasteiger partial charge in [-0.3, -0.25) is 30.9 Å². The molecule has 0 fully saturated rings. The Hall–Kier alpha value is -4.06. The zero-order valence-corrected chi connectivity index (χ0v) is 19.2. The average molecular weight is 515 g/mol. The smallest absolute Gasteiger partial charge is 0.412 e. The molecular weight excluding hydrogens is 496 g/mol. The number of nitrogen functional groups attached to an aromatic ring is 2. The summed E-state index contributed by atoms with van der Waals surface area (Å²) in [7, 11) is 1.41. The number of aromatic nitrogens is 2. The molecule has 18 heteroatoms. The van der Waals surface area contributed by atoms with Crippen LogP contribution in [0.4, 0.5) is 44.2 Å². The largest absolute Gasteiger partial charge is 0.450 e. The lowest BCUT2D eigenvalue weighted by Crippen LogP contribution is -2.15. The zero-order chi connectivity index (χ0) is 25.4. The highest BCUT2D eigenvalue weighted by Crippen LogP contribution is 2.48. The number of nitrogens with one attached hydrogen (secondary N) is 2. The summed E-state index contributed by atoms with van der Waals surface area (Å²) in [6, 6.07) is 2.30. The Kier molecular flexibility index (Phi) is 9.01. The van der Waals surface area contributed by atoms with Crippen LogP contribution in [0.3, 0.4) is 0 Å². The lowest BCUT2D eigenvalue weighted by molar-refractivity contribution is -0.387. The van der Waals surface area contributed by atoms with Crippen molar-refractivity contribution in [2.75, 3.05) is 35.3 Å². The molecule has 0 unspecified atom stereocenters. The Morgan fingerprint density at radius 3 is 1.53 bits per heavy atom. The van der Waals surface area contributed by atoms with Crippen LogP contribution in [-0.4, -0.2) is 45.2 Å². The van der Waals surface area contributed by atoms with Gasteiger partial charge in [-0.05, 0) is 35.4 Å². The molecule has 0 aliphatic rings. The Morgan fingerprint density at radius 1 is 0.882 bits per heavy atom. The van der Waals surface area contributed by atoms with Gasteiger partial charge in [0.2, 0.25) is 11.6 Å². The van der Waals surface area contributed by atoms with E-state index in [9.17, 15) is 29.8 Å². The number of amides is 2. The summed E-state index contributed by atoms with van der Waals surface area (Å²) < 4.78 is 9.47. The van der Waals surface area contributed by atoms with Crippen LogP contribution >= 0.6 is 21.6 Å². The lowest BCUT2D eigenvalue weighted by Gasteiger charge is -2.10. The van der Waals surface area contributed by atoms with E-state index in [0.29, 0.717) is 21.6 Å². The second kappa shape index (κ2) is 11.7. The first kappa shape index (κ1) is 26.2. The number of carbonyl (C=O) groups excluding carboxylic acids is 2. The Morgan fingerprint density at radius 2 is 1.24 bits per heavy atom. The first-order chi connectivity index (χ1) is 16.1. The van der Waals surface area contributed by atoms with Crippen molar-refractivity contribution in [3.63, 3.8) is 0 Å². The van der Waals surface area contributed by atoms with E-state index in [2.05, 4.69) is 20.6 Å². The second-order valence-corrected chi connectivity index (χ2v) is 8.06. The first-order valence-electron chi connectivity index (χ1n) is 9.19. The summed E-state index contributed by atoms with van der Waals surface area (Å²) in [5, 5.41) is 27.6. The molecule has 0 radical (unpaired) electrons. The third-order valence-corrected chi connectivity index (χ3v) is 5.96. The number of carbonyl (C=O) groups is 2. The van der Waals surface area contributed by atoms with Gasteiger partial charge in [0.25, 0.3) is 0 Å². The van der Waals surface area contributed by atoms with Crippen LogP contribution in [0.2, 0.25) is 0 Å². The maximum atomic E-state index is 11.7. The summed E-state index contributed by atoms with van der Waals surface area (Å²) in [6.45, 7) is 3.29. The van der Waals surface area contributed by atoms with Crippen molar-refractivity contribution in [3.05, 3.63) is 32.4 Å². The third-order valence-electron chi connectivity index (χ3n) is 3.57. The molecule has 6 N–H and O–H groups in total. The Balaban J connectivity index is 2.43. The fourth-order valence-corrected chi connectivity index (χ4v) is 4.64. The van der Waals surface area contributed by atoms with E-state index < -0.39 is 45.0 Å². The maximum absolute atomic E-state index is 11.7. The summed E-state index contributed by atoms with van der Waals surface area (Å²) in [4.78, 5) is 52.1. The molecule has 2 heterocycles. The zero-order valence-electron chi connectivity index (χ0n) is 17.6. The molecule has 2 rings (SSSR count). The minimum Gasteiger partial charge on any atom is -0.450 e. The van der Waals surface area contributed by atoms with E-state index in [-0.39, 0.29) is 34.6 Å². The molecule has 0 aromatic carbocycles. The molecule has 2 aromatic rings. The van der Waals surface area contributed by atoms with E-state index in [0.717, 1.165) is 12.1 Å². The lowest BCUT2D eigenvalue weighted by atomic mass is 10.3. The van der Waals surface area contributed by atoms with Crippen molar-refractivity contribution in [3.8, 4) is 0 Å². The Labute approximate surface area is 198 Å². The summed E-state index contributed by atoms with van der Waals surface area (Å²) >= 11 is 0. The van der Waals surface area contributed by atoms with Crippen LogP contribution in [0.15, 0.2) is 21.9 Å². The molecule has 16 nitrogen and oxygen atoms in total. The molecule has 0 aliphatic carbocycles. The molecule has 2 amide bonds. The van der Waals surface area contributed by atoms with Gasteiger partial charge < -0.3 is 20.9 Å². The van der Waals surface area contributed by atoms with Crippen molar-refractivity contribution in [2.24, 2.45) is 0 Å². The third kappa shape index (κ3) is 6.72. The van der Waals surface area contributed by atoms with Gasteiger partial charge in [-0.25, -0.2) is 19.6 Å². The number of pyridine rings is 2. The monoisotopic (exact) mass is 514 g/mol. The maximum Gasteiger partial charge on any atom is 0.412 e. The average Bonchev–Trinajstić information content (AvgIpc) is 2.71. The van der Waals surface area contributed by atoms with Gasteiger partial charge in [0, 0.05) is 12.1 Å². The van der Waals surface area contributed by atoms with Crippen molar-refractivity contribution in [1.82, 2.24) is 9.97 Å². The van der Waals surface area contributed by atoms with Gasteiger partial charge in [-0.1, -0.05) is 0 Å². The van der Waals surface area contributed by atoms with Crippen LogP contribution in [0.25, 0.3) is 0 Å². The van der Waals surface area contributed by atoms with Crippen molar-refractivity contribution >= 4 is 68.4 Å². The number of hydrogen-bond donors (Lipinski definition) is 4. The van der Waals surface area contributed by atoms with E-state index >= 15 is 0 Å². The van der Waals surface area contributed by atoms with Crippen molar-refractivity contribution in [2.45, 2.75) is 23.6 Å². The summed E-state index contributed by atoms with van der Waals surface area (Å²) in [5.41, 5.74) is 10.2. The quantitative estimate of drug-likeness (QED) is 0.213. The topological polar surface area (TPSA) is 241 Å². The molecule has 0 atom stereocenters. The number of hydrogen-bond acceptors (Lipinski definition) is 14. The molecule has 182 valence electrons. The van der Waals surface area contributed by atoms with Gasteiger partial charge in [0.05, 0.1) is 23.1 Å². The number of ether oxygens (including phenoxy) is 2. The van der Waals surface area contributed by atoms with Crippen LogP contribution in [-0.2, 0) is 9.47 Å². The predicted molar refractivity (Wildman–Crippen MR) is 124 cm³/mol. The minimum absolute atomic E-state index is 0.0705. The van der Waals surface area contributed by atoms with Gasteiger partial charge in [-0.2, -0.15) is 0 Å². The molecule has 34 heavy (non-hydrogen) atoms. The number of nitro groups is 2. The molecule has 0 aliphatic heterocycles. The highest BCUT2D eigenvalue weighted by atomic mass is 33.1.